The van der Waals surface area contributed by atoms with Crippen LogP contribution in [-0.2, 0) is 4.74 Å². The number of carbonyl (C=O) groups excluding carboxylic acids is 2. The molecule has 1 amide bonds. The summed E-state index contributed by atoms with van der Waals surface area (Å²) >= 11 is 0. The number of ether oxygens (including phenoxy) is 1. The van der Waals surface area contributed by atoms with Gasteiger partial charge in [-0.05, 0) is 29.3 Å². The third-order valence-electron chi connectivity index (χ3n) is 2.77. The van der Waals surface area contributed by atoms with E-state index in [1.165, 1.54) is 19.2 Å². The lowest BCUT2D eigenvalue weighted by atomic mass is 9.97. The number of hydrogen-bond acceptors (Lipinski definition) is 3. The van der Waals surface area contributed by atoms with Gasteiger partial charge in [0.15, 0.2) is 1.41 Å². The average Bonchev–Trinajstić information content (AvgIpc) is 2.53. The Kier molecular flexibility index (Phi) is 3.23. The van der Waals surface area contributed by atoms with Crippen LogP contribution in [0.3, 0.4) is 0 Å². The Morgan fingerprint density at radius 1 is 1.16 bits per heavy atom. The van der Waals surface area contributed by atoms with Crippen molar-refractivity contribution in [2.24, 2.45) is 5.73 Å². The van der Waals surface area contributed by atoms with Crippen LogP contribution in [0.15, 0.2) is 48.5 Å². The van der Waals surface area contributed by atoms with E-state index >= 15 is 0 Å². The van der Waals surface area contributed by atoms with Gasteiger partial charge in [-0.25, -0.2) is 4.79 Å². The Labute approximate surface area is 112 Å². The minimum Gasteiger partial charge on any atom is -0.465 e. The lowest BCUT2D eigenvalue weighted by Gasteiger charge is -2.09. The van der Waals surface area contributed by atoms with Crippen LogP contribution in [0.1, 0.15) is 20.7 Å². The fraction of sp³-hybridized carbons (Fsp3) is 0.0667. The Bertz CT molecular complexity index is 641. The maximum Gasteiger partial charge on any atom is 0.338 e. The van der Waals surface area contributed by atoms with Gasteiger partial charge in [-0.2, -0.15) is 0 Å². The standard InChI is InChI=1S/C15H13NO3/c1-19-15(18)12-8-7-11(14(16)17)9-13(12)10-5-3-2-4-6-10/h2-9H,1H3,(H2,16,17)/i/hD. The largest absolute Gasteiger partial charge is 0.465 e. The number of hydrogen-bond donors (Lipinski definition) is 1. The topological polar surface area (TPSA) is 69.4 Å². The second-order valence-electron chi connectivity index (χ2n) is 3.95. The van der Waals surface area contributed by atoms with Crippen LogP contribution >= 0.6 is 0 Å². The monoisotopic (exact) mass is 256 g/mol. The molecule has 0 saturated heterocycles. The number of amides is 1. The fourth-order valence-electron chi connectivity index (χ4n) is 1.83. The molecule has 0 spiro atoms. The van der Waals surface area contributed by atoms with Crippen LogP contribution in [0, 0.1) is 0 Å². The van der Waals surface area contributed by atoms with Gasteiger partial charge in [0.2, 0.25) is 5.91 Å². The van der Waals surface area contributed by atoms with Crippen molar-refractivity contribution >= 4 is 11.9 Å². The molecule has 0 aromatic heterocycles. The van der Waals surface area contributed by atoms with Crippen LogP contribution in [0.4, 0.5) is 0 Å². The fourth-order valence-corrected chi connectivity index (χ4v) is 1.83. The maximum absolute atomic E-state index is 11.8. The Morgan fingerprint density at radius 2 is 1.89 bits per heavy atom. The van der Waals surface area contributed by atoms with Gasteiger partial charge in [0.05, 0.1) is 12.7 Å². The lowest BCUT2D eigenvalue weighted by Crippen LogP contribution is -2.12. The molecule has 0 radical (unpaired) electrons. The highest BCUT2D eigenvalue weighted by molar-refractivity contribution is 6.01. The summed E-state index contributed by atoms with van der Waals surface area (Å²) in [6, 6.07) is 13.8. The van der Waals surface area contributed by atoms with Gasteiger partial charge in [-0.3, -0.25) is 4.79 Å². The summed E-state index contributed by atoms with van der Waals surface area (Å²) < 4.78 is 11.7. The van der Waals surface area contributed by atoms with Gasteiger partial charge in [-0.1, -0.05) is 30.3 Å². The van der Waals surface area contributed by atoms with E-state index in [1.807, 2.05) is 36.1 Å². The predicted molar refractivity (Wildman–Crippen MR) is 71.7 cm³/mol. The summed E-state index contributed by atoms with van der Waals surface area (Å²) in [6.07, 6.45) is 0. The lowest BCUT2D eigenvalue weighted by molar-refractivity contribution is 0.0601. The van der Waals surface area contributed by atoms with Crippen molar-refractivity contribution in [3.05, 3.63) is 59.7 Å². The van der Waals surface area contributed by atoms with Crippen molar-refractivity contribution in [2.45, 2.75) is 0 Å². The van der Waals surface area contributed by atoms with Crippen molar-refractivity contribution in [3.8, 4) is 11.1 Å². The molecule has 0 unspecified atom stereocenters. The SMILES string of the molecule is [2H]NC(=O)c1ccc(C(=O)OC)c(-c2ccccc2)c1. The molecule has 4 nitrogen and oxygen atoms in total. The van der Waals surface area contributed by atoms with E-state index in [0.717, 1.165) is 5.56 Å². The highest BCUT2D eigenvalue weighted by Gasteiger charge is 2.15. The number of nitrogens with two attached hydrogens (primary N) is 1. The molecule has 0 atom stereocenters. The van der Waals surface area contributed by atoms with Gasteiger partial charge in [-0.15, -0.1) is 0 Å². The molecule has 0 aliphatic carbocycles. The zero-order valence-corrected chi connectivity index (χ0v) is 10.3. The highest BCUT2D eigenvalue weighted by Crippen LogP contribution is 2.25. The van der Waals surface area contributed by atoms with Gasteiger partial charge in [0, 0.05) is 5.56 Å². The first-order chi connectivity index (χ1) is 9.67. The van der Waals surface area contributed by atoms with E-state index in [1.54, 1.807) is 6.07 Å². The molecule has 0 bridgehead atoms. The molecule has 0 aliphatic heterocycles. The second-order valence-corrected chi connectivity index (χ2v) is 3.95. The number of benzene rings is 2. The van der Waals surface area contributed by atoms with Gasteiger partial charge < -0.3 is 10.5 Å². The van der Waals surface area contributed by atoms with Gasteiger partial charge in [0.25, 0.3) is 0 Å². The Morgan fingerprint density at radius 3 is 2.53 bits per heavy atom. The van der Waals surface area contributed by atoms with Gasteiger partial charge >= 0.3 is 5.97 Å². The molecule has 96 valence electrons. The summed E-state index contributed by atoms with van der Waals surface area (Å²) in [5.41, 5.74) is 3.90. The summed E-state index contributed by atoms with van der Waals surface area (Å²) in [6.45, 7) is 0. The number of primary amides is 1. The molecule has 2 aromatic rings. The minimum atomic E-state index is -0.529. The van der Waals surface area contributed by atoms with Crippen LogP contribution in [-0.4, -0.2) is 19.0 Å². The number of carbonyl (C=O) groups is 2. The van der Waals surface area contributed by atoms with E-state index in [0.29, 0.717) is 16.7 Å². The van der Waals surface area contributed by atoms with Crippen LogP contribution in [0.25, 0.3) is 11.1 Å². The van der Waals surface area contributed by atoms with Crippen molar-refractivity contribution in [3.63, 3.8) is 0 Å². The quantitative estimate of drug-likeness (QED) is 0.856. The van der Waals surface area contributed by atoms with E-state index in [9.17, 15) is 9.59 Å². The van der Waals surface area contributed by atoms with E-state index in [4.69, 9.17) is 6.15 Å². The molecule has 19 heavy (non-hydrogen) atoms. The molecule has 0 aliphatic rings. The van der Waals surface area contributed by atoms with Gasteiger partial charge in [0.1, 0.15) is 0 Å². The van der Waals surface area contributed by atoms with Crippen LogP contribution < -0.4 is 5.73 Å². The summed E-state index contributed by atoms with van der Waals surface area (Å²) in [7, 11) is 1.31. The molecule has 0 fully saturated rings. The van der Waals surface area contributed by atoms with Crippen molar-refractivity contribution in [1.82, 2.24) is 0 Å². The molecule has 2 rings (SSSR count). The zero-order valence-electron chi connectivity index (χ0n) is 11.3. The van der Waals surface area contributed by atoms with Crippen LogP contribution in [0.2, 0.25) is 1.41 Å². The second kappa shape index (κ2) is 5.35. The minimum absolute atomic E-state index is 0.312. The smallest absolute Gasteiger partial charge is 0.338 e. The molecule has 0 saturated carbocycles. The first-order valence-electron chi connectivity index (χ1n) is 6.17. The Balaban J connectivity index is 2.60. The number of rotatable bonds is 3. The van der Waals surface area contributed by atoms with Crippen LogP contribution in [0.5, 0.6) is 0 Å². The summed E-state index contributed by atoms with van der Waals surface area (Å²) in [5.74, 6) is -1.000. The average molecular weight is 256 g/mol. The van der Waals surface area contributed by atoms with E-state index < -0.39 is 11.9 Å². The first-order valence-corrected chi connectivity index (χ1v) is 5.67. The van der Waals surface area contributed by atoms with E-state index in [-0.39, 0.29) is 0 Å². The third-order valence-corrected chi connectivity index (χ3v) is 2.77. The molecule has 2 N–H and O–H groups in total. The molecule has 0 heterocycles. The third kappa shape index (κ3) is 2.63. The van der Waals surface area contributed by atoms with Crippen molar-refractivity contribution < 1.29 is 15.7 Å². The summed E-state index contributed by atoms with van der Waals surface area (Å²) in [5, 5.41) is 0. The molecular weight excluding hydrogens is 242 g/mol. The predicted octanol–water partition coefficient (Wildman–Crippen LogP) is 2.24. The number of methoxy groups -OCH3 is 1. The molecule has 2 aromatic carbocycles. The van der Waals surface area contributed by atoms with E-state index in [2.05, 4.69) is 0 Å². The molecular formula is C15H13NO3. The maximum atomic E-state index is 11.8. The first kappa shape index (κ1) is 11.5. The molecule has 4 heteroatoms. The highest BCUT2D eigenvalue weighted by atomic mass is 16.5. The zero-order chi connectivity index (χ0) is 14.5. The van der Waals surface area contributed by atoms with Crippen molar-refractivity contribution in [2.75, 3.05) is 7.11 Å². The van der Waals surface area contributed by atoms with Crippen molar-refractivity contribution in [1.29, 1.82) is 0 Å². The Hall–Kier alpha value is -2.62. The summed E-state index contributed by atoms with van der Waals surface area (Å²) in [4.78, 5) is 23.3. The number of esters is 1. The normalized spacial score (nSPS) is 10.5.